The van der Waals surface area contributed by atoms with E-state index in [0.717, 1.165) is 81.8 Å². The van der Waals surface area contributed by atoms with Crippen molar-refractivity contribution in [2.45, 2.75) is 101 Å². The van der Waals surface area contributed by atoms with E-state index >= 15 is 0 Å². The molecule has 4 rings (SSSR count). The Morgan fingerprint density at radius 3 is 2.00 bits per heavy atom. The summed E-state index contributed by atoms with van der Waals surface area (Å²) >= 11 is 0. The zero-order chi connectivity index (χ0) is 29.3. The maximum atomic E-state index is 12.2. The first kappa shape index (κ1) is 29.3. The summed E-state index contributed by atoms with van der Waals surface area (Å²) in [5.41, 5.74) is 13.1. The van der Waals surface area contributed by atoms with E-state index in [0.29, 0.717) is 0 Å². The quantitative estimate of drug-likeness (QED) is 0.412. The smallest absolute Gasteiger partial charge is 0.273 e. The molecule has 2 aliphatic heterocycles. The number of amides is 1. The summed E-state index contributed by atoms with van der Waals surface area (Å²) in [6, 6.07) is 0. The third-order valence-corrected chi connectivity index (χ3v) is 8.12. The van der Waals surface area contributed by atoms with Crippen LogP contribution in [-0.2, 0) is 22.4 Å². The second-order valence-electron chi connectivity index (χ2n) is 10.9. The van der Waals surface area contributed by atoms with Crippen LogP contribution in [0.25, 0.3) is 18.2 Å². The first-order chi connectivity index (χ1) is 19.0. The fraction of sp³-hybridized carbons (Fsp3) is 0.441. The number of rotatable bonds is 8. The minimum Gasteiger partial charge on any atom is -0.475 e. The monoisotopic (exact) mass is 540 g/mol. The summed E-state index contributed by atoms with van der Waals surface area (Å²) in [5.74, 6) is 0.601. The topological polar surface area (TPSA) is 82.6 Å². The molecule has 1 amide bonds. The van der Waals surface area contributed by atoms with Crippen molar-refractivity contribution < 1.29 is 9.53 Å². The largest absolute Gasteiger partial charge is 0.475 e. The third kappa shape index (κ3) is 5.36. The van der Waals surface area contributed by atoms with Crippen molar-refractivity contribution in [2.75, 3.05) is 0 Å². The van der Waals surface area contributed by atoms with E-state index in [2.05, 4.69) is 75.6 Å². The van der Waals surface area contributed by atoms with Gasteiger partial charge in [0.15, 0.2) is 0 Å². The van der Waals surface area contributed by atoms with Crippen LogP contribution in [0.2, 0.25) is 0 Å². The highest BCUT2D eigenvalue weighted by atomic mass is 16.5. The number of aromatic nitrogens is 2. The average molecular weight is 541 g/mol. The second kappa shape index (κ2) is 11.8. The van der Waals surface area contributed by atoms with Gasteiger partial charge in [0.25, 0.3) is 5.91 Å². The third-order valence-electron chi connectivity index (χ3n) is 8.12. The van der Waals surface area contributed by atoms with Crippen LogP contribution in [0, 0.1) is 13.8 Å². The summed E-state index contributed by atoms with van der Waals surface area (Å²) in [5, 5.41) is 2.09. The summed E-state index contributed by atoms with van der Waals surface area (Å²) in [6.07, 6.45) is 10.0. The molecule has 6 heteroatoms. The summed E-state index contributed by atoms with van der Waals surface area (Å²) in [6.45, 7) is 21.0. The predicted molar refractivity (Wildman–Crippen MR) is 167 cm³/mol. The molecule has 0 fully saturated rings. The van der Waals surface area contributed by atoms with Crippen LogP contribution in [0.4, 0.5) is 0 Å². The van der Waals surface area contributed by atoms with Crippen LogP contribution in [0.1, 0.15) is 102 Å². The van der Waals surface area contributed by atoms with E-state index < -0.39 is 0 Å². The van der Waals surface area contributed by atoms with E-state index in [4.69, 9.17) is 9.73 Å². The minimum absolute atomic E-state index is 0.0836. The number of carbonyl (C=O) groups is 1. The summed E-state index contributed by atoms with van der Waals surface area (Å²) in [7, 11) is 0. The molecule has 2 aromatic heterocycles. The van der Waals surface area contributed by atoms with Crippen LogP contribution in [-0.4, -0.2) is 33.6 Å². The van der Waals surface area contributed by atoms with Gasteiger partial charge in [-0.05, 0) is 119 Å². The number of aliphatic imine (C=N–C) groups is 2. The number of hydrogen-bond donors (Lipinski definition) is 2. The number of carbonyl (C=O) groups excluding carboxylic acids is 1. The fourth-order valence-electron chi connectivity index (χ4n) is 5.85. The SMILES string of the molecule is CCC1=C(C)C(=O)N=C1C=c1[nH]c(=Cc2[nH]c(/C=C3\N=C(OC(C)C)C(C)=C3CC)c(C)c2CC)c(CC)c1C. The lowest BCUT2D eigenvalue weighted by Crippen LogP contribution is -2.14. The number of aromatic amines is 2. The lowest BCUT2D eigenvalue weighted by molar-refractivity contribution is -0.114. The molecule has 0 radical (unpaired) electrons. The number of allylic oxidation sites excluding steroid dienone is 2. The number of hydrogen-bond acceptors (Lipinski definition) is 3. The van der Waals surface area contributed by atoms with Gasteiger partial charge >= 0.3 is 0 Å². The highest BCUT2D eigenvalue weighted by Crippen LogP contribution is 2.32. The van der Waals surface area contributed by atoms with Gasteiger partial charge in [-0.3, -0.25) is 4.79 Å². The zero-order valence-electron chi connectivity index (χ0n) is 25.8. The average Bonchev–Trinajstić information content (AvgIpc) is 3.56. The Balaban J connectivity index is 1.83. The summed E-state index contributed by atoms with van der Waals surface area (Å²) in [4.78, 5) is 28.8. The molecule has 0 spiro atoms. The van der Waals surface area contributed by atoms with Gasteiger partial charge in [0, 0.05) is 33.2 Å². The van der Waals surface area contributed by atoms with Crippen molar-refractivity contribution in [1.29, 1.82) is 0 Å². The van der Waals surface area contributed by atoms with Crippen molar-refractivity contribution in [2.24, 2.45) is 9.98 Å². The molecule has 2 aromatic rings. The number of H-pyrrole nitrogens is 2. The van der Waals surface area contributed by atoms with E-state index in [1.54, 1.807) is 0 Å². The molecule has 0 aromatic carbocycles. The van der Waals surface area contributed by atoms with E-state index in [1.165, 1.54) is 27.8 Å². The van der Waals surface area contributed by atoms with Gasteiger partial charge in [-0.2, -0.15) is 0 Å². The zero-order valence-corrected chi connectivity index (χ0v) is 25.8. The van der Waals surface area contributed by atoms with Crippen LogP contribution < -0.4 is 10.7 Å². The van der Waals surface area contributed by atoms with Crippen LogP contribution in [0.5, 0.6) is 0 Å². The summed E-state index contributed by atoms with van der Waals surface area (Å²) < 4.78 is 5.99. The van der Waals surface area contributed by atoms with Crippen LogP contribution in [0.15, 0.2) is 38.0 Å². The molecule has 40 heavy (non-hydrogen) atoms. The van der Waals surface area contributed by atoms with Gasteiger partial charge in [-0.25, -0.2) is 9.98 Å². The lowest BCUT2D eigenvalue weighted by Gasteiger charge is -2.09. The standard InChI is InChI=1S/C34H44N4O2/c1-11-23-19(7)27(15-31-25(13-3)21(9)33(39)37-31)35-29(23)17-30-24(12-2)20(8)28(36-30)16-32-26(14-4)22(10)34(38-32)40-18(5)6/h15-18,35-36H,11-14H2,1-10H3/b27-15?,29-17?,32-16-. The Kier molecular flexibility index (Phi) is 8.67. The Bertz CT molecular complexity index is 1630. The molecule has 4 heterocycles. The molecule has 0 bridgehead atoms. The molecule has 6 nitrogen and oxygen atoms in total. The van der Waals surface area contributed by atoms with Crippen LogP contribution >= 0.6 is 0 Å². The number of nitrogens with zero attached hydrogens (tertiary/aromatic N) is 2. The van der Waals surface area contributed by atoms with Crippen molar-refractivity contribution in [1.82, 2.24) is 9.97 Å². The van der Waals surface area contributed by atoms with Gasteiger partial charge in [-0.15, -0.1) is 0 Å². The van der Waals surface area contributed by atoms with Crippen molar-refractivity contribution in [3.05, 3.63) is 72.3 Å². The molecular formula is C34H44N4O2. The van der Waals surface area contributed by atoms with Gasteiger partial charge in [0.05, 0.1) is 17.5 Å². The molecule has 0 atom stereocenters. The van der Waals surface area contributed by atoms with Gasteiger partial charge < -0.3 is 14.7 Å². The fourth-order valence-corrected chi connectivity index (χ4v) is 5.85. The van der Waals surface area contributed by atoms with Crippen LogP contribution in [0.3, 0.4) is 0 Å². The maximum Gasteiger partial charge on any atom is 0.273 e. The van der Waals surface area contributed by atoms with E-state index in [9.17, 15) is 4.79 Å². The Morgan fingerprint density at radius 2 is 1.40 bits per heavy atom. The molecule has 0 saturated carbocycles. The Labute approximate surface area is 238 Å². The Hall–Kier alpha value is -3.67. The highest BCUT2D eigenvalue weighted by molar-refractivity contribution is 6.30. The first-order valence-corrected chi connectivity index (χ1v) is 14.7. The van der Waals surface area contributed by atoms with Gasteiger partial charge in [0.1, 0.15) is 0 Å². The molecular weight excluding hydrogens is 496 g/mol. The predicted octanol–water partition coefficient (Wildman–Crippen LogP) is 6.31. The second-order valence-corrected chi connectivity index (χ2v) is 10.9. The highest BCUT2D eigenvalue weighted by Gasteiger charge is 2.23. The van der Waals surface area contributed by atoms with Crippen molar-refractivity contribution >= 4 is 35.7 Å². The maximum absolute atomic E-state index is 12.2. The van der Waals surface area contributed by atoms with E-state index in [-0.39, 0.29) is 12.0 Å². The number of ether oxygens (including phenoxy) is 1. The Morgan fingerprint density at radius 1 is 0.725 bits per heavy atom. The number of nitrogens with one attached hydrogen (secondary N) is 2. The van der Waals surface area contributed by atoms with Gasteiger partial charge in [-0.1, -0.05) is 27.7 Å². The molecule has 0 saturated heterocycles. The van der Waals surface area contributed by atoms with Gasteiger partial charge in [0.2, 0.25) is 5.90 Å². The first-order valence-electron chi connectivity index (χ1n) is 14.7. The molecule has 2 N–H and O–H groups in total. The normalized spacial score (nSPS) is 17.9. The molecule has 0 unspecified atom stereocenters. The molecule has 212 valence electrons. The van der Waals surface area contributed by atoms with Crippen molar-refractivity contribution in [3.8, 4) is 0 Å². The molecule has 0 aliphatic carbocycles. The lowest BCUT2D eigenvalue weighted by atomic mass is 10.0. The minimum atomic E-state index is -0.128. The van der Waals surface area contributed by atoms with Crippen molar-refractivity contribution in [3.63, 3.8) is 0 Å². The van der Waals surface area contributed by atoms with E-state index in [1.807, 2.05) is 26.8 Å². The molecule has 2 aliphatic rings.